The Balaban J connectivity index is 1.73. The standard InChI is InChI=1S/C16H20N4O3/c1-18(2)12-5-3-11(4-6-12)16(23)19-7-8-20-13(10-19)15(22)17-9-14(20)21/h3-6,13H,7-10H2,1-2H3,(H,17,22)/t13-/m1/s1. The van der Waals surface area contributed by atoms with Gasteiger partial charge in [-0.15, -0.1) is 0 Å². The number of rotatable bonds is 2. The van der Waals surface area contributed by atoms with Crippen molar-refractivity contribution >= 4 is 23.4 Å². The number of anilines is 1. The van der Waals surface area contributed by atoms with Crippen LogP contribution in [0.4, 0.5) is 5.69 Å². The molecule has 122 valence electrons. The SMILES string of the molecule is CN(C)c1ccc(C(=O)N2CCN3C(=O)CNC(=O)[C@H]3C2)cc1. The summed E-state index contributed by atoms with van der Waals surface area (Å²) in [5.41, 5.74) is 1.61. The van der Waals surface area contributed by atoms with Gasteiger partial charge in [0.15, 0.2) is 0 Å². The van der Waals surface area contributed by atoms with Crippen LogP contribution in [0.15, 0.2) is 24.3 Å². The third kappa shape index (κ3) is 2.86. The van der Waals surface area contributed by atoms with E-state index in [0.717, 1.165) is 5.69 Å². The number of hydrogen-bond donors (Lipinski definition) is 1. The van der Waals surface area contributed by atoms with Gasteiger partial charge in [-0.3, -0.25) is 14.4 Å². The fourth-order valence-corrected chi connectivity index (χ4v) is 2.96. The van der Waals surface area contributed by atoms with Crippen LogP contribution in [0.2, 0.25) is 0 Å². The predicted octanol–water partition coefficient (Wildman–Crippen LogP) is -0.465. The highest BCUT2D eigenvalue weighted by molar-refractivity contribution is 5.98. The number of hydrogen-bond acceptors (Lipinski definition) is 4. The first-order valence-corrected chi connectivity index (χ1v) is 7.61. The van der Waals surface area contributed by atoms with Crippen LogP contribution in [-0.2, 0) is 9.59 Å². The van der Waals surface area contributed by atoms with Crippen LogP contribution in [0.1, 0.15) is 10.4 Å². The highest BCUT2D eigenvalue weighted by Gasteiger charge is 2.39. The normalized spacial score (nSPS) is 20.9. The molecule has 7 heteroatoms. The van der Waals surface area contributed by atoms with Gasteiger partial charge in [-0.2, -0.15) is 0 Å². The van der Waals surface area contributed by atoms with E-state index >= 15 is 0 Å². The molecule has 1 N–H and O–H groups in total. The monoisotopic (exact) mass is 316 g/mol. The zero-order valence-electron chi connectivity index (χ0n) is 13.3. The zero-order valence-corrected chi connectivity index (χ0v) is 13.3. The van der Waals surface area contributed by atoms with Crippen molar-refractivity contribution in [1.82, 2.24) is 15.1 Å². The summed E-state index contributed by atoms with van der Waals surface area (Å²) in [7, 11) is 3.88. The third-order valence-corrected chi connectivity index (χ3v) is 4.34. The van der Waals surface area contributed by atoms with E-state index < -0.39 is 6.04 Å². The molecule has 2 heterocycles. The molecule has 1 aromatic carbocycles. The lowest BCUT2D eigenvalue weighted by Gasteiger charge is -2.42. The molecule has 7 nitrogen and oxygen atoms in total. The molecule has 0 bridgehead atoms. The van der Waals surface area contributed by atoms with E-state index in [0.29, 0.717) is 18.7 Å². The van der Waals surface area contributed by atoms with Gasteiger partial charge in [0.25, 0.3) is 5.91 Å². The van der Waals surface area contributed by atoms with E-state index in [9.17, 15) is 14.4 Å². The summed E-state index contributed by atoms with van der Waals surface area (Å²) in [4.78, 5) is 41.6. The Morgan fingerprint density at radius 1 is 1.17 bits per heavy atom. The average molecular weight is 316 g/mol. The summed E-state index contributed by atoms with van der Waals surface area (Å²) in [6.45, 7) is 1.14. The quantitative estimate of drug-likeness (QED) is 0.801. The number of piperazine rings is 2. The van der Waals surface area contributed by atoms with Gasteiger partial charge in [-0.25, -0.2) is 0 Å². The number of amides is 3. The van der Waals surface area contributed by atoms with Crippen LogP contribution in [0, 0.1) is 0 Å². The molecule has 3 rings (SSSR count). The molecule has 0 unspecified atom stereocenters. The van der Waals surface area contributed by atoms with Crippen LogP contribution in [-0.4, -0.2) is 73.8 Å². The molecule has 0 aromatic heterocycles. The average Bonchev–Trinajstić information content (AvgIpc) is 2.57. The molecule has 2 aliphatic heterocycles. The van der Waals surface area contributed by atoms with Crippen molar-refractivity contribution in [3.05, 3.63) is 29.8 Å². The van der Waals surface area contributed by atoms with E-state index in [-0.39, 0.29) is 30.8 Å². The first-order valence-electron chi connectivity index (χ1n) is 7.61. The molecule has 0 aliphatic carbocycles. The van der Waals surface area contributed by atoms with Gasteiger partial charge in [0.2, 0.25) is 11.8 Å². The minimum atomic E-state index is -0.574. The van der Waals surface area contributed by atoms with Crippen molar-refractivity contribution < 1.29 is 14.4 Å². The number of benzene rings is 1. The van der Waals surface area contributed by atoms with Crippen LogP contribution in [0.3, 0.4) is 0 Å². The fourth-order valence-electron chi connectivity index (χ4n) is 2.96. The number of nitrogens with one attached hydrogen (secondary N) is 1. The molecular weight excluding hydrogens is 296 g/mol. The van der Waals surface area contributed by atoms with Gasteiger partial charge in [0.1, 0.15) is 6.04 Å². The van der Waals surface area contributed by atoms with E-state index in [2.05, 4.69) is 5.32 Å². The highest BCUT2D eigenvalue weighted by Crippen LogP contribution is 2.18. The van der Waals surface area contributed by atoms with Crippen molar-refractivity contribution in [2.24, 2.45) is 0 Å². The molecule has 1 aromatic rings. The van der Waals surface area contributed by atoms with Gasteiger partial charge >= 0.3 is 0 Å². The zero-order chi connectivity index (χ0) is 16.6. The first-order chi connectivity index (χ1) is 11.0. The highest BCUT2D eigenvalue weighted by atomic mass is 16.2. The second kappa shape index (κ2) is 5.91. The topological polar surface area (TPSA) is 73.0 Å². The minimum Gasteiger partial charge on any atom is -0.378 e. The lowest BCUT2D eigenvalue weighted by molar-refractivity contribution is -0.148. The molecule has 3 amide bonds. The van der Waals surface area contributed by atoms with Gasteiger partial charge in [0.05, 0.1) is 13.1 Å². The summed E-state index contributed by atoms with van der Waals surface area (Å²) >= 11 is 0. The Kier molecular flexibility index (Phi) is 3.94. The van der Waals surface area contributed by atoms with E-state index in [1.165, 1.54) is 0 Å². The van der Waals surface area contributed by atoms with Crippen molar-refractivity contribution in [2.75, 3.05) is 45.2 Å². The number of carbonyl (C=O) groups is 3. The lowest BCUT2D eigenvalue weighted by Crippen LogP contribution is -2.66. The second-order valence-corrected chi connectivity index (χ2v) is 6.01. The van der Waals surface area contributed by atoms with Crippen LogP contribution in [0.5, 0.6) is 0 Å². The van der Waals surface area contributed by atoms with Gasteiger partial charge in [-0.1, -0.05) is 0 Å². The van der Waals surface area contributed by atoms with E-state index in [1.807, 2.05) is 31.1 Å². The van der Waals surface area contributed by atoms with Crippen LogP contribution >= 0.6 is 0 Å². The molecule has 1 atom stereocenters. The first kappa shape index (κ1) is 15.3. The van der Waals surface area contributed by atoms with Crippen molar-refractivity contribution in [3.8, 4) is 0 Å². The Labute approximate surface area is 134 Å². The molecule has 2 aliphatic rings. The van der Waals surface area contributed by atoms with Crippen molar-refractivity contribution in [3.63, 3.8) is 0 Å². The molecule has 2 saturated heterocycles. The number of carbonyl (C=O) groups excluding carboxylic acids is 3. The third-order valence-electron chi connectivity index (χ3n) is 4.34. The summed E-state index contributed by atoms with van der Waals surface area (Å²) in [5, 5.41) is 2.58. The Morgan fingerprint density at radius 3 is 2.52 bits per heavy atom. The van der Waals surface area contributed by atoms with Crippen LogP contribution in [0.25, 0.3) is 0 Å². The molecule has 23 heavy (non-hydrogen) atoms. The Hall–Kier alpha value is -2.57. The molecule has 0 radical (unpaired) electrons. The largest absolute Gasteiger partial charge is 0.378 e. The summed E-state index contributed by atoms with van der Waals surface area (Å²) in [5.74, 6) is -0.386. The van der Waals surface area contributed by atoms with Crippen LogP contribution < -0.4 is 10.2 Å². The maximum atomic E-state index is 12.6. The van der Waals surface area contributed by atoms with Gasteiger partial charge in [-0.05, 0) is 24.3 Å². The van der Waals surface area contributed by atoms with Crippen molar-refractivity contribution in [1.29, 1.82) is 0 Å². The molecular formula is C16H20N4O3. The minimum absolute atomic E-state index is 0.0509. The maximum absolute atomic E-state index is 12.6. The molecule has 2 fully saturated rings. The Bertz CT molecular complexity index is 641. The van der Waals surface area contributed by atoms with Gasteiger partial charge in [0, 0.05) is 38.4 Å². The summed E-state index contributed by atoms with van der Waals surface area (Å²) in [6.07, 6.45) is 0. The Morgan fingerprint density at radius 2 is 1.87 bits per heavy atom. The number of fused-ring (bicyclic) bond motifs is 1. The lowest BCUT2D eigenvalue weighted by atomic mass is 10.1. The van der Waals surface area contributed by atoms with E-state index in [4.69, 9.17) is 0 Å². The second-order valence-electron chi connectivity index (χ2n) is 6.01. The summed E-state index contributed by atoms with van der Waals surface area (Å²) in [6, 6.07) is 6.78. The smallest absolute Gasteiger partial charge is 0.254 e. The van der Waals surface area contributed by atoms with E-state index in [1.54, 1.807) is 21.9 Å². The predicted molar refractivity (Wildman–Crippen MR) is 85.2 cm³/mol. The van der Waals surface area contributed by atoms with Gasteiger partial charge < -0.3 is 20.0 Å². The fraction of sp³-hybridized carbons (Fsp3) is 0.438. The maximum Gasteiger partial charge on any atom is 0.254 e. The molecule has 0 spiro atoms. The molecule has 0 saturated carbocycles. The van der Waals surface area contributed by atoms with Crippen molar-refractivity contribution in [2.45, 2.75) is 6.04 Å². The number of nitrogens with zero attached hydrogens (tertiary/aromatic N) is 3. The summed E-state index contributed by atoms with van der Waals surface area (Å²) < 4.78 is 0.